The van der Waals surface area contributed by atoms with E-state index >= 15 is 0 Å². The zero-order valence-electron chi connectivity index (χ0n) is 19.0. The van der Waals surface area contributed by atoms with Crippen LogP contribution in [0.25, 0.3) is 22.4 Å². The van der Waals surface area contributed by atoms with Gasteiger partial charge in [0.25, 0.3) is 0 Å². The summed E-state index contributed by atoms with van der Waals surface area (Å²) < 4.78 is 7.52. The topological polar surface area (TPSA) is 64.4 Å². The molecule has 0 atom stereocenters. The van der Waals surface area contributed by atoms with Crippen LogP contribution >= 0.6 is 0 Å². The van der Waals surface area contributed by atoms with Crippen molar-refractivity contribution in [3.63, 3.8) is 0 Å². The molecule has 168 valence electrons. The lowest BCUT2D eigenvalue weighted by Crippen LogP contribution is -2.23. The molecule has 5 nitrogen and oxygen atoms in total. The summed E-state index contributed by atoms with van der Waals surface area (Å²) in [5.74, 6) is 0.150. The summed E-state index contributed by atoms with van der Waals surface area (Å²) in [6.45, 7) is 5.58. The van der Waals surface area contributed by atoms with E-state index in [1.807, 2.05) is 6.07 Å². The number of carboxylic acid groups (broad SMARTS) is 1. The first-order valence-corrected chi connectivity index (χ1v) is 11.5. The third-order valence-corrected chi connectivity index (χ3v) is 6.54. The number of nitrogens with zero attached hydrogens (tertiary/aromatic N) is 2. The average Bonchev–Trinajstić information content (AvgIpc) is 3.11. The van der Waals surface area contributed by atoms with Crippen molar-refractivity contribution in [3.05, 3.63) is 65.9 Å². The van der Waals surface area contributed by atoms with Gasteiger partial charge in [-0.25, -0.2) is 4.79 Å². The number of aromatic nitrogens is 2. The van der Waals surface area contributed by atoms with Crippen molar-refractivity contribution in [2.24, 2.45) is 11.8 Å². The molecule has 5 heteroatoms. The molecule has 0 saturated heterocycles. The van der Waals surface area contributed by atoms with Crippen molar-refractivity contribution in [2.45, 2.75) is 46.1 Å². The number of hydrogen-bond donors (Lipinski definition) is 1. The normalized spacial score (nSPS) is 18.6. The van der Waals surface area contributed by atoms with E-state index in [4.69, 9.17) is 14.9 Å². The minimum Gasteiger partial charge on any atom is -0.480 e. The fraction of sp³-hybridized carbons (Fsp3) is 0.407. The molecule has 0 radical (unpaired) electrons. The molecule has 4 rings (SSSR count). The highest BCUT2D eigenvalue weighted by Gasteiger charge is 2.24. The van der Waals surface area contributed by atoms with Gasteiger partial charge >= 0.3 is 5.97 Å². The summed E-state index contributed by atoms with van der Waals surface area (Å²) in [7, 11) is 0. The van der Waals surface area contributed by atoms with Crippen LogP contribution in [0.15, 0.2) is 54.6 Å². The van der Waals surface area contributed by atoms with Crippen LogP contribution in [0, 0.1) is 25.7 Å². The fourth-order valence-corrected chi connectivity index (χ4v) is 4.81. The second-order valence-electron chi connectivity index (χ2n) is 9.02. The molecule has 0 spiro atoms. The van der Waals surface area contributed by atoms with Gasteiger partial charge in [0.1, 0.15) is 12.3 Å². The van der Waals surface area contributed by atoms with E-state index in [2.05, 4.69) is 67.1 Å². The van der Waals surface area contributed by atoms with Crippen LogP contribution in [0.3, 0.4) is 0 Å². The highest BCUT2D eigenvalue weighted by molar-refractivity contribution is 5.82. The van der Waals surface area contributed by atoms with Crippen LogP contribution in [0.4, 0.5) is 0 Å². The van der Waals surface area contributed by atoms with Gasteiger partial charge in [-0.15, -0.1) is 0 Å². The maximum atomic E-state index is 10.6. The number of aliphatic carboxylic acids is 1. The van der Waals surface area contributed by atoms with Gasteiger partial charge in [0.05, 0.1) is 6.61 Å². The zero-order valence-corrected chi connectivity index (χ0v) is 19.0. The molecule has 3 aromatic rings. The Balaban J connectivity index is 1.52. The number of rotatable bonds is 8. The molecule has 2 aromatic carbocycles. The molecule has 1 aliphatic carbocycles. The predicted octanol–water partition coefficient (Wildman–Crippen LogP) is 5.74. The van der Waals surface area contributed by atoms with E-state index in [0.29, 0.717) is 18.4 Å². The summed E-state index contributed by atoms with van der Waals surface area (Å²) in [6, 6.07) is 19.1. The van der Waals surface area contributed by atoms with Crippen LogP contribution < -0.4 is 0 Å². The maximum Gasteiger partial charge on any atom is 0.329 e. The van der Waals surface area contributed by atoms with Gasteiger partial charge in [-0.1, -0.05) is 60.2 Å². The van der Waals surface area contributed by atoms with Gasteiger partial charge in [0, 0.05) is 23.4 Å². The highest BCUT2D eigenvalue weighted by atomic mass is 16.5. The summed E-state index contributed by atoms with van der Waals surface area (Å²) in [5.41, 5.74) is 7.08. The quantitative estimate of drug-likeness (QED) is 0.493. The van der Waals surface area contributed by atoms with Crippen LogP contribution in [0.1, 0.15) is 36.9 Å². The lowest BCUT2D eigenvalue weighted by atomic mass is 9.82. The van der Waals surface area contributed by atoms with Crippen LogP contribution in [-0.4, -0.2) is 34.1 Å². The van der Waals surface area contributed by atoms with Crippen molar-refractivity contribution in [1.29, 1.82) is 0 Å². The van der Waals surface area contributed by atoms with Crippen molar-refractivity contribution < 1.29 is 14.6 Å². The average molecular weight is 433 g/mol. The summed E-state index contributed by atoms with van der Waals surface area (Å²) in [4.78, 5) is 10.6. The smallest absolute Gasteiger partial charge is 0.329 e. The van der Waals surface area contributed by atoms with Gasteiger partial charge in [0.15, 0.2) is 0 Å². The van der Waals surface area contributed by atoms with Crippen molar-refractivity contribution in [2.75, 3.05) is 13.2 Å². The second kappa shape index (κ2) is 10.1. The molecule has 1 aliphatic rings. The van der Waals surface area contributed by atoms with Crippen LogP contribution in [0.5, 0.6) is 0 Å². The lowest BCUT2D eigenvalue weighted by molar-refractivity contribution is -0.142. The van der Waals surface area contributed by atoms with Crippen molar-refractivity contribution in [3.8, 4) is 22.4 Å². The van der Waals surface area contributed by atoms with E-state index < -0.39 is 5.97 Å². The van der Waals surface area contributed by atoms with Gasteiger partial charge in [-0.3, -0.25) is 4.68 Å². The molecular formula is C27H32N2O3. The molecular weight excluding hydrogens is 400 g/mol. The van der Waals surface area contributed by atoms with Gasteiger partial charge < -0.3 is 9.84 Å². The minimum absolute atomic E-state index is 0.198. The molecule has 0 amide bonds. The first-order valence-electron chi connectivity index (χ1n) is 11.5. The monoisotopic (exact) mass is 432 g/mol. The maximum absolute atomic E-state index is 10.6. The number of carbonyl (C=O) groups is 1. The third kappa shape index (κ3) is 5.28. The largest absolute Gasteiger partial charge is 0.480 e. The SMILES string of the molecule is Cc1cccc(-c2c(-c3ccccc3)nn(CC3CCC(COCC(=O)O)CC3)c2C)c1. The van der Waals surface area contributed by atoms with Crippen LogP contribution in [-0.2, 0) is 16.1 Å². The summed E-state index contributed by atoms with van der Waals surface area (Å²) in [5, 5.41) is 13.8. The Hall–Kier alpha value is -2.92. The first kappa shape index (κ1) is 22.3. The number of benzene rings is 2. The first-order chi connectivity index (χ1) is 15.5. The van der Waals surface area contributed by atoms with Crippen molar-refractivity contribution in [1.82, 2.24) is 9.78 Å². The Morgan fingerprint density at radius 2 is 1.69 bits per heavy atom. The second-order valence-corrected chi connectivity index (χ2v) is 9.02. The van der Waals surface area contributed by atoms with E-state index in [9.17, 15) is 4.79 Å². The number of ether oxygens (including phenoxy) is 1. The van der Waals surface area contributed by atoms with Crippen LogP contribution in [0.2, 0.25) is 0 Å². The lowest BCUT2D eigenvalue weighted by Gasteiger charge is -2.28. The molecule has 32 heavy (non-hydrogen) atoms. The Kier molecular flexibility index (Phi) is 7.05. The highest BCUT2D eigenvalue weighted by Crippen LogP contribution is 2.36. The van der Waals surface area contributed by atoms with Gasteiger partial charge in [-0.2, -0.15) is 5.10 Å². The van der Waals surface area contributed by atoms with E-state index in [-0.39, 0.29) is 6.61 Å². The molecule has 1 aromatic heterocycles. The van der Waals surface area contributed by atoms with Gasteiger partial charge in [-0.05, 0) is 56.9 Å². The number of aryl methyl sites for hydroxylation is 1. The number of carboxylic acids is 1. The van der Waals surface area contributed by atoms with E-state index in [1.54, 1.807) is 0 Å². The fourth-order valence-electron chi connectivity index (χ4n) is 4.81. The Bertz CT molecular complexity index is 1050. The molecule has 1 heterocycles. The third-order valence-electron chi connectivity index (χ3n) is 6.54. The van der Waals surface area contributed by atoms with Gasteiger partial charge in [0.2, 0.25) is 0 Å². The Morgan fingerprint density at radius 3 is 2.38 bits per heavy atom. The molecule has 0 bridgehead atoms. The predicted molar refractivity (Wildman–Crippen MR) is 126 cm³/mol. The van der Waals surface area contributed by atoms with E-state index in [0.717, 1.165) is 43.5 Å². The minimum atomic E-state index is -0.897. The number of hydrogen-bond acceptors (Lipinski definition) is 3. The standard InChI is InChI=1S/C27H32N2O3/c1-19-7-6-10-24(15-19)26-20(2)29(28-27(26)23-8-4-3-5-9-23)16-21-11-13-22(14-12-21)17-32-18-25(30)31/h3-10,15,21-22H,11-14,16-18H2,1-2H3,(H,30,31). The zero-order chi connectivity index (χ0) is 22.5. The van der Waals surface area contributed by atoms with E-state index in [1.165, 1.54) is 22.4 Å². The summed E-state index contributed by atoms with van der Waals surface area (Å²) in [6.07, 6.45) is 4.42. The molecule has 1 N–H and O–H groups in total. The summed E-state index contributed by atoms with van der Waals surface area (Å²) >= 11 is 0. The Labute approximate surface area is 190 Å². The molecule has 0 aliphatic heterocycles. The van der Waals surface area contributed by atoms with Crippen molar-refractivity contribution >= 4 is 5.97 Å². The molecule has 1 fully saturated rings. The molecule has 0 unspecified atom stereocenters. The molecule has 1 saturated carbocycles. The Morgan fingerprint density at radius 1 is 1.00 bits per heavy atom.